The average molecular weight is 449 g/mol. The summed E-state index contributed by atoms with van der Waals surface area (Å²) in [5, 5.41) is 6.15. The molecular weight excluding hydrogens is 416 g/mol. The zero-order valence-corrected chi connectivity index (χ0v) is 19.2. The zero-order valence-electron chi connectivity index (χ0n) is 19.2. The molecule has 1 aromatic heterocycles. The number of pyridine rings is 1. The Balaban J connectivity index is 1.20. The summed E-state index contributed by atoms with van der Waals surface area (Å²) >= 11 is 0. The molecule has 0 bridgehead atoms. The number of benzene rings is 1. The van der Waals surface area contributed by atoms with Crippen LogP contribution in [0.3, 0.4) is 0 Å². The van der Waals surface area contributed by atoms with Crippen molar-refractivity contribution >= 4 is 11.4 Å². The SMILES string of the molecule is Cc1ccc(CNc2c(NCCCOc3cccc(CN4CCCCC4)c3)c(=O)c2=O)cn1. The molecule has 0 spiro atoms. The van der Waals surface area contributed by atoms with Crippen molar-refractivity contribution in [2.24, 2.45) is 0 Å². The summed E-state index contributed by atoms with van der Waals surface area (Å²) in [4.78, 5) is 30.6. The molecule has 0 amide bonds. The summed E-state index contributed by atoms with van der Waals surface area (Å²) in [5.41, 5.74) is 2.94. The van der Waals surface area contributed by atoms with Crippen molar-refractivity contribution in [1.82, 2.24) is 9.88 Å². The Bertz CT molecular complexity index is 1110. The molecule has 2 N–H and O–H groups in total. The lowest BCUT2D eigenvalue weighted by atomic mass is 10.1. The summed E-state index contributed by atoms with van der Waals surface area (Å²) in [5.74, 6) is 0.868. The molecule has 0 atom stereocenters. The highest BCUT2D eigenvalue weighted by atomic mass is 16.5. The number of aromatic nitrogens is 1. The van der Waals surface area contributed by atoms with E-state index in [2.05, 4.69) is 32.7 Å². The van der Waals surface area contributed by atoms with Gasteiger partial charge in [-0.2, -0.15) is 0 Å². The van der Waals surface area contributed by atoms with Crippen LogP contribution in [-0.2, 0) is 13.1 Å². The highest BCUT2D eigenvalue weighted by Gasteiger charge is 2.20. The van der Waals surface area contributed by atoms with Gasteiger partial charge in [-0.05, 0) is 68.6 Å². The zero-order chi connectivity index (χ0) is 23.0. The molecule has 0 radical (unpaired) electrons. The number of ether oxygens (including phenoxy) is 1. The van der Waals surface area contributed by atoms with E-state index in [9.17, 15) is 9.59 Å². The van der Waals surface area contributed by atoms with Crippen molar-refractivity contribution in [3.05, 3.63) is 79.9 Å². The van der Waals surface area contributed by atoms with Gasteiger partial charge in [-0.3, -0.25) is 19.5 Å². The molecule has 4 rings (SSSR count). The van der Waals surface area contributed by atoms with E-state index < -0.39 is 10.9 Å². The summed E-state index contributed by atoms with van der Waals surface area (Å²) in [6, 6.07) is 12.1. The van der Waals surface area contributed by atoms with Gasteiger partial charge in [0.1, 0.15) is 17.1 Å². The average Bonchev–Trinajstić information content (AvgIpc) is 2.84. The first-order valence-corrected chi connectivity index (χ1v) is 11.8. The number of nitrogens with zero attached hydrogens (tertiary/aromatic N) is 2. The Kier molecular flexibility index (Phi) is 7.73. The maximum atomic E-state index is 12.0. The van der Waals surface area contributed by atoms with E-state index in [1.165, 1.54) is 37.9 Å². The fraction of sp³-hybridized carbons (Fsp3) is 0.423. The fourth-order valence-electron chi connectivity index (χ4n) is 4.11. The van der Waals surface area contributed by atoms with Crippen LogP contribution in [0, 0.1) is 6.92 Å². The summed E-state index contributed by atoms with van der Waals surface area (Å²) < 4.78 is 5.91. The molecule has 0 unspecified atom stereocenters. The standard InChI is InChI=1S/C26H32N4O3/c1-19-9-10-21(16-28-19)17-29-24-23(25(31)26(24)32)27-11-6-14-33-22-8-5-7-20(15-22)18-30-12-3-2-4-13-30/h5,7-10,15-16,27,29H,2-4,6,11-14,17-18H2,1H3. The van der Waals surface area contributed by atoms with E-state index in [1.54, 1.807) is 6.20 Å². The quantitative estimate of drug-likeness (QED) is 0.343. The third kappa shape index (κ3) is 6.20. The van der Waals surface area contributed by atoms with Crippen LogP contribution in [0.2, 0.25) is 0 Å². The molecule has 3 aromatic rings. The van der Waals surface area contributed by atoms with Gasteiger partial charge in [0, 0.05) is 31.5 Å². The minimum atomic E-state index is -0.473. The first-order valence-electron chi connectivity index (χ1n) is 11.8. The Morgan fingerprint density at radius 1 is 0.970 bits per heavy atom. The summed E-state index contributed by atoms with van der Waals surface area (Å²) in [6.07, 6.45) is 6.39. The topological polar surface area (TPSA) is 83.6 Å². The summed E-state index contributed by atoms with van der Waals surface area (Å²) in [7, 11) is 0. The van der Waals surface area contributed by atoms with Crippen LogP contribution in [0.15, 0.2) is 52.2 Å². The molecule has 0 aliphatic carbocycles. The van der Waals surface area contributed by atoms with E-state index in [0.717, 1.165) is 30.0 Å². The second-order valence-electron chi connectivity index (χ2n) is 8.68. The Labute approximate surface area is 194 Å². The fourth-order valence-corrected chi connectivity index (χ4v) is 4.11. The van der Waals surface area contributed by atoms with Crippen LogP contribution in [0.25, 0.3) is 0 Å². The third-order valence-corrected chi connectivity index (χ3v) is 6.00. The summed E-state index contributed by atoms with van der Waals surface area (Å²) in [6.45, 7) is 6.78. The van der Waals surface area contributed by atoms with Crippen molar-refractivity contribution in [2.45, 2.75) is 45.7 Å². The number of anilines is 2. The van der Waals surface area contributed by atoms with Gasteiger partial charge in [0.15, 0.2) is 0 Å². The number of hydrogen-bond donors (Lipinski definition) is 2. The van der Waals surface area contributed by atoms with Gasteiger partial charge in [0.25, 0.3) is 10.9 Å². The molecule has 1 saturated heterocycles. The van der Waals surface area contributed by atoms with Crippen molar-refractivity contribution in [3.8, 4) is 5.75 Å². The van der Waals surface area contributed by atoms with E-state index >= 15 is 0 Å². The minimum Gasteiger partial charge on any atom is -0.494 e. The Morgan fingerprint density at radius 3 is 2.52 bits per heavy atom. The number of nitrogens with one attached hydrogen (secondary N) is 2. The molecule has 0 saturated carbocycles. The van der Waals surface area contributed by atoms with Gasteiger partial charge in [0.05, 0.1) is 6.61 Å². The second kappa shape index (κ2) is 11.1. The van der Waals surface area contributed by atoms with Crippen molar-refractivity contribution in [1.29, 1.82) is 0 Å². The molecule has 7 nitrogen and oxygen atoms in total. The molecule has 1 aliphatic rings. The second-order valence-corrected chi connectivity index (χ2v) is 8.68. The third-order valence-electron chi connectivity index (χ3n) is 6.00. The lowest BCUT2D eigenvalue weighted by Gasteiger charge is -2.26. The predicted molar refractivity (Wildman–Crippen MR) is 132 cm³/mol. The number of piperidine rings is 1. The van der Waals surface area contributed by atoms with Crippen LogP contribution in [0.1, 0.15) is 42.5 Å². The van der Waals surface area contributed by atoms with Gasteiger partial charge in [-0.25, -0.2) is 0 Å². The highest BCUT2D eigenvalue weighted by Crippen LogP contribution is 2.18. The lowest BCUT2D eigenvalue weighted by Crippen LogP contribution is -2.37. The monoisotopic (exact) mass is 448 g/mol. The normalized spacial score (nSPS) is 14.3. The molecule has 2 heterocycles. The first kappa shape index (κ1) is 23.0. The first-order chi connectivity index (χ1) is 16.1. The van der Waals surface area contributed by atoms with Crippen molar-refractivity contribution in [2.75, 3.05) is 36.9 Å². The van der Waals surface area contributed by atoms with E-state index in [4.69, 9.17) is 4.74 Å². The van der Waals surface area contributed by atoms with Crippen molar-refractivity contribution in [3.63, 3.8) is 0 Å². The molecule has 1 aliphatic heterocycles. The number of aryl methyl sites for hydroxylation is 1. The molecular formula is C26H32N4O3. The minimum absolute atomic E-state index is 0.354. The predicted octanol–water partition coefficient (Wildman–Crippen LogP) is 3.47. The maximum absolute atomic E-state index is 12.0. The van der Waals surface area contributed by atoms with Gasteiger partial charge in [0.2, 0.25) is 0 Å². The molecule has 1 fully saturated rings. The maximum Gasteiger partial charge on any atom is 0.253 e. The molecule has 2 aromatic carbocycles. The van der Waals surface area contributed by atoms with Crippen molar-refractivity contribution < 1.29 is 4.74 Å². The molecule has 7 heteroatoms. The van der Waals surface area contributed by atoms with Gasteiger partial charge in [-0.1, -0.05) is 24.6 Å². The molecule has 33 heavy (non-hydrogen) atoms. The van der Waals surface area contributed by atoms with Gasteiger partial charge in [-0.15, -0.1) is 0 Å². The number of likely N-dealkylation sites (tertiary alicyclic amines) is 1. The number of rotatable bonds is 11. The van der Waals surface area contributed by atoms with Crippen LogP contribution >= 0.6 is 0 Å². The Hall–Kier alpha value is -3.19. The molecule has 174 valence electrons. The van der Waals surface area contributed by atoms with Crippen LogP contribution < -0.4 is 26.2 Å². The number of hydrogen-bond acceptors (Lipinski definition) is 7. The van der Waals surface area contributed by atoms with E-state index in [0.29, 0.717) is 31.1 Å². The lowest BCUT2D eigenvalue weighted by molar-refractivity contribution is 0.220. The van der Waals surface area contributed by atoms with Crippen LogP contribution in [0.4, 0.5) is 11.4 Å². The van der Waals surface area contributed by atoms with Crippen LogP contribution in [0.5, 0.6) is 5.75 Å². The van der Waals surface area contributed by atoms with Crippen LogP contribution in [-0.4, -0.2) is 36.1 Å². The largest absolute Gasteiger partial charge is 0.494 e. The highest BCUT2D eigenvalue weighted by molar-refractivity contribution is 5.73. The van der Waals surface area contributed by atoms with E-state index in [1.807, 2.05) is 31.2 Å². The van der Waals surface area contributed by atoms with Gasteiger partial charge < -0.3 is 15.4 Å². The Morgan fingerprint density at radius 2 is 1.76 bits per heavy atom. The smallest absolute Gasteiger partial charge is 0.253 e. The van der Waals surface area contributed by atoms with E-state index in [-0.39, 0.29) is 0 Å². The van der Waals surface area contributed by atoms with Gasteiger partial charge >= 0.3 is 0 Å².